The molecule has 0 radical (unpaired) electrons. The summed E-state index contributed by atoms with van der Waals surface area (Å²) in [6.07, 6.45) is 3.87. The van der Waals surface area contributed by atoms with Gasteiger partial charge in [0.25, 0.3) is 0 Å². The number of hydrogen-bond acceptors (Lipinski definition) is 4. The highest BCUT2D eigenvalue weighted by Gasteiger charge is 2.28. The van der Waals surface area contributed by atoms with E-state index in [9.17, 15) is 8.42 Å². The first kappa shape index (κ1) is 15.6. The molecule has 5 heteroatoms. The normalized spacial score (nSPS) is 13.9. The summed E-state index contributed by atoms with van der Waals surface area (Å²) in [6.45, 7) is 4.63. The van der Waals surface area contributed by atoms with Crippen LogP contribution in [0.1, 0.15) is 35.8 Å². The zero-order valence-electron chi connectivity index (χ0n) is 12.9. The number of sulfone groups is 1. The van der Waals surface area contributed by atoms with Gasteiger partial charge in [-0.15, -0.1) is 11.3 Å². The van der Waals surface area contributed by atoms with E-state index >= 15 is 0 Å². The lowest BCUT2D eigenvalue weighted by Gasteiger charge is -2.11. The van der Waals surface area contributed by atoms with Gasteiger partial charge in [-0.3, -0.25) is 0 Å². The number of fused-ring (bicyclic) bond motifs is 1. The molecule has 22 heavy (non-hydrogen) atoms. The second kappa shape index (κ2) is 6.05. The summed E-state index contributed by atoms with van der Waals surface area (Å²) in [4.78, 5) is 1.34. The van der Waals surface area contributed by atoms with Crippen LogP contribution >= 0.6 is 11.3 Å². The number of hydrogen-bond donors (Lipinski definition) is 0. The van der Waals surface area contributed by atoms with Crippen molar-refractivity contribution >= 4 is 21.2 Å². The van der Waals surface area contributed by atoms with Crippen LogP contribution in [0.15, 0.2) is 33.4 Å². The number of thiophene rings is 1. The first-order valence-electron chi connectivity index (χ1n) is 7.62. The largest absolute Gasteiger partial charge is 0.492 e. The SMILES string of the molecule is CCCCc1cc2c(c(S(=O)(=O)c3ccc(C)s3)c1)OCC2. The maximum absolute atomic E-state index is 13.0. The Kier molecular flexibility index (Phi) is 4.28. The Morgan fingerprint density at radius 3 is 2.77 bits per heavy atom. The predicted molar refractivity (Wildman–Crippen MR) is 88.8 cm³/mol. The predicted octanol–water partition coefficient (Wildman–Crippen LogP) is 4.17. The molecule has 2 aromatic rings. The third-order valence-corrected chi connectivity index (χ3v) is 7.15. The molecule has 0 spiro atoms. The van der Waals surface area contributed by atoms with Gasteiger partial charge in [0, 0.05) is 11.3 Å². The monoisotopic (exact) mass is 336 g/mol. The molecule has 0 fully saturated rings. The van der Waals surface area contributed by atoms with Gasteiger partial charge in [0.05, 0.1) is 6.61 Å². The standard InChI is InChI=1S/C17H20O3S2/c1-3-4-5-13-10-14-8-9-20-17(14)15(11-13)22(18,19)16-7-6-12(2)21-16/h6-7,10-11H,3-5,8-9H2,1-2H3. The lowest BCUT2D eigenvalue weighted by atomic mass is 10.0. The van der Waals surface area contributed by atoms with Crippen molar-refractivity contribution in [3.05, 3.63) is 40.3 Å². The highest BCUT2D eigenvalue weighted by Crippen LogP contribution is 2.39. The molecular weight excluding hydrogens is 316 g/mol. The Morgan fingerprint density at radius 1 is 1.27 bits per heavy atom. The van der Waals surface area contributed by atoms with E-state index in [1.54, 1.807) is 6.07 Å². The molecule has 3 rings (SSSR count). The molecule has 3 nitrogen and oxygen atoms in total. The maximum Gasteiger partial charge on any atom is 0.219 e. The van der Waals surface area contributed by atoms with Crippen molar-refractivity contribution in [2.75, 3.05) is 6.61 Å². The van der Waals surface area contributed by atoms with Gasteiger partial charge in [0.1, 0.15) is 14.9 Å². The fourth-order valence-corrected chi connectivity index (χ4v) is 5.62. The average Bonchev–Trinajstić information content (AvgIpc) is 3.12. The quantitative estimate of drug-likeness (QED) is 0.823. The van der Waals surface area contributed by atoms with Gasteiger partial charge in [-0.2, -0.15) is 0 Å². The molecule has 1 aromatic carbocycles. The third-order valence-electron chi connectivity index (χ3n) is 3.90. The fraction of sp³-hybridized carbons (Fsp3) is 0.412. The Morgan fingerprint density at radius 2 is 2.09 bits per heavy atom. The van der Waals surface area contributed by atoms with Crippen molar-refractivity contribution in [1.29, 1.82) is 0 Å². The van der Waals surface area contributed by atoms with Gasteiger partial charge < -0.3 is 4.74 Å². The molecular formula is C17H20O3S2. The summed E-state index contributed by atoms with van der Waals surface area (Å²) in [5, 5.41) is 0. The first-order chi connectivity index (χ1) is 10.5. The molecule has 0 bridgehead atoms. The zero-order valence-corrected chi connectivity index (χ0v) is 14.5. The van der Waals surface area contributed by atoms with Gasteiger partial charge >= 0.3 is 0 Å². The third kappa shape index (κ3) is 2.79. The van der Waals surface area contributed by atoms with Crippen LogP contribution in [0.3, 0.4) is 0 Å². The van der Waals surface area contributed by atoms with Crippen molar-refractivity contribution < 1.29 is 13.2 Å². The van der Waals surface area contributed by atoms with Gasteiger partial charge in [-0.05, 0) is 49.1 Å². The second-order valence-electron chi connectivity index (χ2n) is 5.65. The molecule has 0 saturated carbocycles. The van der Waals surface area contributed by atoms with E-state index in [0.717, 1.165) is 41.7 Å². The summed E-state index contributed by atoms with van der Waals surface area (Å²) < 4.78 is 32.0. The van der Waals surface area contributed by atoms with Gasteiger partial charge in [0.2, 0.25) is 9.84 Å². The zero-order chi connectivity index (χ0) is 15.7. The number of benzene rings is 1. The van der Waals surface area contributed by atoms with Crippen LogP contribution in [0.2, 0.25) is 0 Å². The second-order valence-corrected chi connectivity index (χ2v) is 9.09. The van der Waals surface area contributed by atoms with E-state index in [-0.39, 0.29) is 0 Å². The van der Waals surface area contributed by atoms with Crippen LogP contribution in [0.25, 0.3) is 0 Å². The van der Waals surface area contributed by atoms with Gasteiger partial charge in [-0.25, -0.2) is 8.42 Å². The van der Waals surface area contributed by atoms with Crippen LogP contribution in [-0.4, -0.2) is 15.0 Å². The van der Waals surface area contributed by atoms with E-state index in [1.165, 1.54) is 11.3 Å². The van der Waals surface area contributed by atoms with Crippen molar-refractivity contribution in [1.82, 2.24) is 0 Å². The number of rotatable bonds is 5. The summed E-state index contributed by atoms with van der Waals surface area (Å²) in [6, 6.07) is 7.45. The van der Waals surface area contributed by atoms with Crippen molar-refractivity contribution in [3.8, 4) is 5.75 Å². The van der Waals surface area contributed by atoms with Crippen LogP contribution in [0.5, 0.6) is 5.75 Å². The molecule has 0 atom stereocenters. The smallest absolute Gasteiger partial charge is 0.219 e. The summed E-state index contributed by atoms with van der Waals surface area (Å²) >= 11 is 1.32. The molecule has 1 aliphatic rings. The molecule has 0 amide bonds. The molecule has 0 saturated heterocycles. The van der Waals surface area contributed by atoms with Crippen LogP contribution in [-0.2, 0) is 22.7 Å². The average molecular weight is 336 g/mol. The summed E-state index contributed by atoms with van der Waals surface area (Å²) in [7, 11) is -3.50. The van der Waals surface area contributed by atoms with E-state index in [1.807, 2.05) is 19.1 Å². The lowest BCUT2D eigenvalue weighted by molar-refractivity contribution is 0.348. The minimum Gasteiger partial charge on any atom is -0.492 e. The molecule has 1 aliphatic heterocycles. The van der Waals surface area contributed by atoms with E-state index < -0.39 is 9.84 Å². The molecule has 0 aliphatic carbocycles. The molecule has 1 aromatic heterocycles. The Balaban J connectivity index is 2.11. The minimum absolute atomic E-state index is 0.343. The number of ether oxygens (including phenoxy) is 1. The van der Waals surface area contributed by atoms with E-state index in [2.05, 4.69) is 13.0 Å². The minimum atomic E-state index is -3.50. The lowest BCUT2D eigenvalue weighted by Crippen LogP contribution is -2.04. The van der Waals surface area contributed by atoms with Crippen molar-refractivity contribution in [3.63, 3.8) is 0 Å². The van der Waals surface area contributed by atoms with Crippen molar-refractivity contribution in [2.45, 2.75) is 48.6 Å². The van der Waals surface area contributed by atoms with Crippen LogP contribution in [0.4, 0.5) is 0 Å². The number of unbranched alkanes of at least 4 members (excludes halogenated alkanes) is 1. The highest BCUT2D eigenvalue weighted by atomic mass is 32.2. The van der Waals surface area contributed by atoms with Gasteiger partial charge in [0.15, 0.2) is 0 Å². The Labute approximate surface area is 135 Å². The Hall–Kier alpha value is -1.33. The molecule has 2 heterocycles. The first-order valence-corrected chi connectivity index (χ1v) is 9.92. The summed E-state index contributed by atoms with van der Waals surface area (Å²) in [5.41, 5.74) is 2.12. The van der Waals surface area contributed by atoms with E-state index in [4.69, 9.17) is 4.74 Å². The van der Waals surface area contributed by atoms with Crippen LogP contribution < -0.4 is 4.74 Å². The highest BCUT2D eigenvalue weighted by molar-refractivity contribution is 7.93. The Bertz CT molecular complexity index is 788. The fourth-order valence-electron chi connectivity index (χ4n) is 2.73. The molecule has 0 N–H and O–H groups in total. The van der Waals surface area contributed by atoms with Crippen molar-refractivity contribution in [2.24, 2.45) is 0 Å². The number of aryl methyl sites for hydroxylation is 2. The van der Waals surface area contributed by atoms with E-state index in [0.29, 0.717) is 21.5 Å². The summed E-state index contributed by atoms with van der Waals surface area (Å²) in [5.74, 6) is 0.561. The molecule has 118 valence electrons. The van der Waals surface area contributed by atoms with Gasteiger partial charge in [-0.1, -0.05) is 19.4 Å². The van der Waals surface area contributed by atoms with Crippen LogP contribution in [0, 0.1) is 6.92 Å². The maximum atomic E-state index is 13.0. The topological polar surface area (TPSA) is 43.4 Å². The molecule has 0 unspecified atom stereocenters.